The molecular weight excluding hydrogens is 352 g/mol. The third-order valence-corrected chi connectivity index (χ3v) is 5.75. The molecule has 0 radical (unpaired) electrons. The van der Waals surface area contributed by atoms with Crippen LogP contribution in [0.25, 0.3) is 0 Å². The predicted octanol–water partition coefficient (Wildman–Crippen LogP) is 3.86. The normalized spacial score (nSPS) is 11.9. The van der Waals surface area contributed by atoms with Crippen LogP contribution in [0.15, 0.2) is 16.8 Å². The molecule has 0 fully saturated rings. The summed E-state index contributed by atoms with van der Waals surface area (Å²) in [6, 6.07) is 2.30. The number of hydrogen-bond acceptors (Lipinski definition) is 6. The van der Waals surface area contributed by atoms with Gasteiger partial charge in [-0.15, -0.1) is 22.7 Å². The molecule has 138 valence electrons. The lowest BCUT2D eigenvalue weighted by atomic mass is 10.1. The first kappa shape index (κ1) is 20.0. The summed E-state index contributed by atoms with van der Waals surface area (Å²) in [5.74, 6) is 5.99. The van der Waals surface area contributed by atoms with Crippen LogP contribution in [0.5, 0.6) is 0 Å². The van der Waals surface area contributed by atoms with Gasteiger partial charge in [-0.3, -0.25) is 10.6 Å². The van der Waals surface area contributed by atoms with Gasteiger partial charge in [0.15, 0.2) is 5.13 Å². The van der Waals surface area contributed by atoms with E-state index < -0.39 is 0 Å². The fourth-order valence-electron chi connectivity index (χ4n) is 2.36. The lowest BCUT2D eigenvalue weighted by Gasteiger charge is -2.31. The fraction of sp³-hybridized carbons (Fsp3) is 0.556. The summed E-state index contributed by atoms with van der Waals surface area (Å²) < 4.78 is 0. The number of hydrogen-bond donors (Lipinski definition) is 2. The Bertz CT molecular complexity index is 687. The number of nitrogens with zero attached hydrogens (tertiary/aromatic N) is 2. The highest BCUT2D eigenvalue weighted by Crippen LogP contribution is 2.21. The molecule has 1 amide bonds. The first-order valence-electron chi connectivity index (χ1n) is 8.54. The number of thiazole rings is 1. The van der Waals surface area contributed by atoms with Crippen LogP contribution >= 0.6 is 22.7 Å². The average molecular weight is 381 g/mol. The standard InChI is InChI=1S/C18H28N4OS2/c1-13(23)20-17-21-15(12-25-17)7-8-16-10-14(11-24-16)6-5-9-22(19)18(2,3)4/h10-12H,5-9,19H2,1-4H3,(H,20,21,23). The number of aromatic nitrogens is 1. The maximum Gasteiger partial charge on any atom is 0.223 e. The summed E-state index contributed by atoms with van der Waals surface area (Å²) in [4.78, 5) is 16.8. The molecule has 0 aliphatic heterocycles. The fourth-order valence-corrected chi connectivity index (χ4v) is 4.08. The van der Waals surface area contributed by atoms with Crippen molar-refractivity contribution in [2.24, 2.45) is 5.84 Å². The third-order valence-electron chi connectivity index (χ3n) is 3.90. The third kappa shape index (κ3) is 6.86. The second kappa shape index (κ2) is 8.89. The van der Waals surface area contributed by atoms with Gasteiger partial charge >= 0.3 is 0 Å². The van der Waals surface area contributed by atoms with Crippen LogP contribution in [0, 0.1) is 0 Å². The Morgan fingerprint density at radius 1 is 1.24 bits per heavy atom. The largest absolute Gasteiger partial charge is 0.302 e. The van der Waals surface area contributed by atoms with Crippen LogP contribution in [-0.4, -0.2) is 28.0 Å². The molecule has 2 heterocycles. The summed E-state index contributed by atoms with van der Waals surface area (Å²) >= 11 is 3.29. The Hall–Kier alpha value is -1.28. The van der Waals surface area contributed by atoms with Crippen LogP contribution < -0.4 is 11.2 Å². The van der Waals surface area contributed by atoms with Gasteiger partial charge in [0.2, 0.25) is 5.91 Å². The number of anilines is 1. The summed E-state index contributed by atoms with van der Waals surface area (Å²) in [5.41, 5.74) is 2.44. The zero-order valence-electron chi connectivity index (χ0n) is 15.5. The summed E-state index contributed by atoms with van der Waals surface area (Å²) in [5, 5.41) is 9.58. The molecule has 0 atom stereocenters. The topological polar surface area (TPSA) is 71.2 Å². The van der Waals surface area contributed by atoms with Gasteiger partial charge in [-0.2, -0.15) is 0 Å². The highest BCUT2D eigenvalue weighted by atomic mass is 32.1. The van der Waals surface area contributed by atoms with E-state index in [1.54, 1.807) is 0 Å². The maximum absolute atomic E-state index is 11.0. The van der Waals surface area contributed by atoms with Crippen molar-refractivity contribution in [3.8, 4) is 0 Å². The van der Waals surface area contributed by atoms with Crippen molar-refractivity contribution in [1.29, 1.82) is 0 Å². The Kier molecular flexibility index (Phi) is 7.13. The number of hydrazine groups is 1. The van der Waals surface area contributed by atoms with Gasteiger partial charge in [-0.1, -0.05) is 0 Å². The highest BCUT2D eigenvalue weighted by Gasteiger charge is 2.16. The van der Waals surface area contributed by atoms with Gasteiger partial charge in [0.25, 0.3) is 0 Å². The SMILES string of the molecule is CC(=O)Nc1nc(CCc2cc(CCCN(N)C(C)(C)C)cs2)cs1. The van der Waals surface area contributed by atoms with E-state index in [0.29, 0.717) is 5.13 Å². The Morgan fingerprint density at radius 3 is 2.68 bits per heavy atom. The summed E-state index contributed by atoms with van der Waals surface area (Å²) in [6.45, 7) is 8.79. The quantitative estimate of drug-likeness (QED) is 0.539. The van der Waals surface area contributed by atoms with Crippen molar-refractivity contribution in [3.63, 3.8) is 0 Å². The molecule has 0 aliphatic rings. The number of carbonyl (C=O) groups excluding carboxylic acids is 1. The van der Waals surface area contributed by atoms with Crippen molar-refractivity contribution in [3.05, 3.63) is 33.0 Å². The Balaban J connectivity index is 1.76. The van der Waals surface area contributed by atoms with E-state index in [-0.39, 0.29) is 11.4 Å². The number of aryl methyl sites for hydroxylation is 3. The van der Waals surface area contributed by atoms with Crippen molar-refractivity contribution >= 4 is 33.7 Å². The van der Waals surface area contributed by atoms with E-state index in [2.05, 4.69) is 42.5 Å². The molecule has 0 saturated carbocycles. The first-order valence-corrected chi connectivity index (χ1v) is 10.3. The second-order valence-electron chi connectivity index (χ2n) is 7.21. The molecular formula is C18H28N4OS2. The van der Waals surface area contributed by atoms with E-state index in [1.807, 2.05) is 21.7 Å². The van der Waals surface area contributed by atoms with Crippen LogP contribution in [0.1, 0.15) is 50.3 Å². The monoisotopic (exact) mass is 380 g/mol. The van der Waals surface area contributed by atoms with Gasteiger partial charge in [0, 0.05) is 29.3 Å². The molecule has 0 spiro atoms. The number of carbonyl (C=O) groups is 1. The molecule has 2 rings (SSSR count). The van der Waals surface area contributed by atoms with Gasteiger partial charge in [-0.05, 0) is 63.5 Å². The first-order chi connectivity index (χ1) is 11.7. The van der Waals surface area contributed by atoms with E-state index in [1.165, 1.54) is 28.7 Å². The van der Waals surface area contributed by atoms with E-state index >= 15 is 0 Å². The minimum atomic E-state index is -0.0775. The number of amides is 1. The summed E-state index contributed by atoms with van der Waals surface area (Å²) in [6.07, 6.45) is 4.01. The van der Waals surface area contributed by atoms with E-state index in [0.717, 1.165) is 37.9 Å². The molecule has 0 bridgehead atoms. The van der Waals surface area contributed by atoms with E-state index in [9.17, 15) is 4.79 Å². The zero-order chi connectivity index (χ0) is 18.4. The summed E-state index contributed by atoms with van der Waals surface area (Å²) in [7, 11) is 0. The highest BCUT2D eigenvalue weighted by molar-refractivity contribution is 7.14. The minimum absolute atomic E-state index is 0.0173. The van der Waals surface area contributed by atoms with Crippen molar-refractivity contribution in [2.45, 2.75) is 58.9 Å². The molecule has 0 unspecified atom stereocenters. The van der Waals surface area contributed by atoms with Crippen molar-refractivity contribution in [2.75, 3.05) is 11.9 Å². The van der Waals surface area contributed by atoms with Crippen LogP contribution in [0.3, 0.4) is 0 Å². The molecule has 7 heteroatoms. The molecule has 25 heavy (non-hydrogen) atoms. The van der Waals surface area contributed by atoms with Gasteiger partial charge in [-0.25, -0.2) is 9.99 Å². The van der Waals surface area contributed by atoms with Gasteiger partial charge in [0.05, 0.1) is 5.69 Å². The second-order valence-corrected chi connectivity index (χ2v) is 9.07. The van der Waals surface area contributed by atoms with Gasteiger partial charge < -0.3 is 5.32 Å². The number of nitrogens with one attached hydrogen (secondary N) is 1. The van der Waals surface area contributed by atoms with Crippen molar-refractivity contribution in [1.82, 2.24) is 9.99 Å². The Morgan fingerprint density at radius 2 is 2.00 bits per heavy atom. The average Bonchev–Trinajstić information content (AvgIpc) is 3.13. The van der Waals surface area contributed by atoms with E-state index in [4.69, 9.17) is 5.84 Å². The van der Waals surface area contributed by atoms with Crippen LogP contribution in [0.2, 0.25) is 0 Å². The number of nitrogens with two attached hydrogens (primary N) is 1. The lowest BCUT2D eigenvalue weighted by Crippen LogP contribution is -2.47. The zero-order valence-corrected chi connectivity index (χ0v) is 17.1. The Labute approximate surface area is 158 Å². The van der Waals surface area contributed by atoms with Crippen molar-refractivity contribution < 1.29 is 4.79 Å². The lowest BCUT2D eigenvalue weighted by molar-refractivity contribution is -0.114. The molecule has 5 nitrogen and oxygen atoms in total. The predicted molar refractivity (Wildman–Crippen MR) is 107 cm³/mol. The number of rotatable bonds is 8. The molecule has 2 aromatic rings. The smallest absolute Gasteiger partial charge is 0.223 e. The van der Waals surface area contributed by atoms with Crippen LogP contribution in [-0.2, 0) is 24.1 Å². The van der Waals surface area contributed by atoms with Gasteiger partial charge in [0.1, 0.15) is 0 Å². The van der Waals surface area contributed by atoms with Crippen LogP contribution in [0.4, 0.5) is 5.13 Å². The minimum Gasteiger partial charge on any atom is -0.302 e. The molecule has 3 N–H and O–H groups in total. The maximum atomic E-state index is 11.0. The number of thiophene rings is 1. The molecule has 0 aromatic carbocycles. The molecule has 0 aliphatic carbocycles. The molecule has 2 aromatic heterocycles. The molecule has 0 saturated heterocycles.